The maximum atomic E-state index is 14.0. The number of benzene rings is 1. The minimum Gasteiger partial charge on any atom is -0.426 e. The lowest BCUT2D eigenvalue weighted by Crippen LogP contribution is -2.31. The summed E-state index contributed by atoms with van der Waals surface area (Å²) < 4.78 is 38.1. The summed E-state index contributed by atoms with van der Waals surface area (Å²) in [6.07, 6.45) is 0.557. The molecule has 2 unspecified atom stereocenters. The molecule has 2 heterocycles. The molecule has 21 heavy (non-hydrogen) atoms. The number of halogens is 2. The number of hydrogen-bond acceptors (Lipinski definition) is 4. The van der Waals surface area contributed by atoms with Gasteiger partial charge in [0.2, 0.25) is 5.79 Å². The van der Waals surface area contributed by atoms with E-state index in [4.69, 9.17) is 9.47 Å². The van der Waals surface area contributed by atoms with Gasteiger partial charge < -0.3 is 14.6 Å². The molecule has 6 heteroatoms. The largest absolute Gasteiger partial charge is 0.426 e. The summed E-state index contributed by atoms with van der Waals surface area (Å²) in [6.45, 7) is 2.04. The highest BCUT2D eigenvalue weighted by Crippen LogP contribution is 2.43. The summed E-state index contributed by atoms with van der Waals surface area (Å²) in [5, 5.41) is 10.3. The third-order valence-corrected chi connectivity index (χ3v) is 3.82. The molecule has 0 radical (unpaired) electrons. The Morgan fingerprint density at radius 1 is 1.33 bits per heavy atom. The number of hydrogen-bond donors (Lipinski definition) is 1. The molecule has 0 spiro atoms. The average molecular weight is 296 g/mol. The predicted molar refractivity (Wildman–Crippen MR) is 68.9 cm³/mol. The fourth-order valence-electron chi connectivity index (χ4n) is 2.95. The fourth-order valence-corrected chi connectivity index (χ4v) is 2.95. The normalized spacial score (nSPS) is 29.1. The van der Waals surface area contributed by atoms with Gasteiger partial charge in [-0.3, -0.25) is 0 Å². The van der Waals surface area contributed by atoms with Gasteiger partial charge in [0.05, 0.1) is 17.7 Å². The van der Waals surface area contributed by atoms with E-state index in [1.807, 2.05) is 0 Å². The van der Waals surface area contributed by atoms with E-state index in [0.717, 1.165) is 12.1 Å². The Balaban J connectivity index is 2.24. The molecule has 1 fully saturated rings. The van der Waals surface area contributed by atoms with Gasteiger partial charge in [-0.25, -0.2) is 13.6 Å². The van der Waals surface area contributed by atoms with E-state index in [1.165, 1.54) is 13.0 Å². The smallest absolute Gasteiger partial charge is 0.341 e. The van der Waals surface area contributed by atoms with Crippen LogP contribution in [0.5, 0.6) is 0 Å². The molecule has 0 aromatic heterocycles. The molecular formula is C15H14F2O4. The van der Waals surface area contributed by atoms with Crippen molar-refractivity contribution in [2.75, 3.05) is 13.2 Å². The maximum absolute atomic E-state index is 14.0. The first-order chi connectivity index (χ1) is 9.92. The van der Waals surface area contributed by atoms with Crippen molar-refractivity contribution in [2.24, 2.45) is 5.92 Å². The molecule has 1 N–H and O–H groups in total. The molecule has 2 aliphatic heterocycles. The zero-order chi connectivity index (χ0) is 15.2. The van der Waals surface area contributed by atoms with Crippen molar-refractivity contribution in [2.45, 2.75) is 19.1 Å². The summed E-state index contributed by atoms with van der Waals surface area (Å²) in [4.78, 5) is 12.0. The Morgan fingerprint density at radius 2 is 2.00 bits per heavy atom. The Morgan fingerprint density at radius 3 is 2.57 bits per heavy atom. The average Bonchev–Trinajstić information content (AvgIpc) is 2.96. The van der Waals surface area contributed by atoms with Crippen LogP contribution in [0, 0.1) is 17.6 Å². The highest BCUT2D eigenvalue weighted by molar-refractivity contribution is 6.20. The highest BCUT2D eigenvalue weighted by atomic mass is 19.1. The van der Waals surface area contributed by atoms with Crippen LogP contribution in [-0.4, -0.2) is 30.1 Å². The number of esters is 1. The molecule has 1 aromatic rings. The number of carbonyl (C=O) groups is 1. The summed E-state index contributed by atoms with van der Waals surface area (Å²) in [7, 11) is 0. The van der Waals surface area contributed by atoms with Gasteiger partial charge in [0.15, 0.2) is 0 Å². The number of carbonyl (C=O) groups excluding carboxylic acids is 1. The van der Waals surface area contributed by atoms with E-state index < -0.39 is 29.0 Å². The van der Waals surface area contributed by atoms with Crippen LogP contribution in [0.2, 0.25) is 0 Å². The van der Waals surface area contributed by atoms with Gasteiger partial charge in [-0.2, -0.15) is 0 Å². The lowest BCUT2D eigenvalue weighted by molar-refractivity contribution is -0.176. The number of aliphatic hydroxyl groups is 1. The summed E-state index contributed by atoms with van der Waals surface area (Å²) in [5.41, 5.74) is -0.498. The second kappa shape index (κ2) is 4.89. The quantitative estimate of drug-likeness (QED) is 0.848. The molecule has 0 aliphatic carbocycles. The molecule has 4 nitrogen and oxygen atoms in total. The van der Waals surface area contributed by atoms with Crippen LogP contribution in [0.1, 0.15) is 18.9 Å². The molecule has 3 rings (SSSR count). The van der Waals surface area contributed by atoms with Crippen LogP contribution in [0.15, 0.2) is 23.8 Å². The third kappa shape index (κ3) is 2.24. The summed E-state index contributed by atoms with van der Waals surface area (Å²) in [6, 6.07) is 3.34. The van der Waals surface area contributed by atoms with E-state index in [-0.39, 0.29) is 23.7 Å². The van der Waals surface area contributed by atoms with E-state index in [1.54, 1.807) is 0 Å². The van der Waals surface area contributed by atoms with Gasteiger partial charge in [-0.1, -0.05) is 6.07 Å². The number of ether oxygens (including phenoxy) is 2. The lowest BCUT2D eigenvalue weighted by Gasteiger charge is -2.23. The molecule has 112 valence electrons. The van der Waals surface area contributed by atoms with Crippen molar-refractivity contribution in [1.82, 2.24) is 0 Å². The second-order valence-electron chi connectivity index (χ2n) is 5.32. The summed E-state index contributed by atoms with van der Waals surface area (Å²) >= 11 is 0. The highest BCUT2D eigenvalue weighted by Gasteiger charge is 2.48. The van der Waals surface area contributed by atoms with Crippen LogP contribution in [-0.2, 0) is 14.3 Å². The first-order valence-electron chi connectivity index (χ1n) is 6.64. The number of rotatable bonds is 2. The molecule has 0 bridgehead atoms. The van der Waals surface area contributed by atoms with Crippen LogP contribution in [0.4, 0.5) is 8.78 Å². The van der Waals surface area contributed by atoms with Crippen molar-refractivity contribution in [1.29, 1.82) is 0 Å². The Hall–Kier alpha value is -1.79. The minimum absolute atomic E-state index is 0.189. The third-order valence-electron chi connectivity index (χ3n) is 3.82. The van der Waals surface area contributed by atoms with Gasteiger partial charge in [-0.05, 0) is 18.6 Å². The molecule has 2 aliphatic rings. The molecule has 0 amide bonds. The van der Waals surface area contributed by atoms with E-state index in [0.29, 0.717) is 13.0 Å². The first-order valence-corrected chi connectivity index (χ1v) is 6.64. The zero-order valence-electron chi connectivity index (χ0n) is 11.4. The van der Waals surface area contributed by atoms with Crippen LogP contribution in [0.3, 0.4) is 0 Å². The Kier molecular flexibility index (Phi) is 3.30. The van der Waals surface area contributed by atoms with Crippen molar-refractivity contribution in [3.8, 4) is 0 Å². The van der Waals surface area contributed by atoms with Crippen LogP contribution in [0.25, 0.3) is 5.57 Å². The van der Waals surface area contributed by atoms with E-state index in [9.17, 15) is 18.7 Å². The Labute approximate surface area is 120 Å². The van der Waals surface area contributed by atoms with Crippen molar-refractivity contribution >= 4 is 11.5 Å². The number of cyclic esters (lactones) is 1. The Bertz CT molecular complexity index is 610. The molecule has 0 saturated carbocycles. The minimum atomic E-state index is -1.88. The molecular weight excluding hydrogens is 282 g/mol. The zero-order valence-corrected chi connectivity index (χ0v) is 11.4. The fraction of sp³-hybridized carbons (Fsp3) is 0.400. The van der Waals surface area contributed by atoms with Gasteiger partial charge >= 0.3 is 5.97 Å². The second-order valence-corrected chi connectivity index (χ2v) is 5.32. The molecule has 1 saturated heterocycles. The monoisotopic (exact) mass is 296 g/mol. The molecule has 1 aromatic carbocycles. The summed E-state index contributed by atoms with van der Waals surface area (Å²) in [5.74, 6) is -4.84. The van der Waals surface area contributed by atoms with Crippen LogP contribution < -0.4 is 0 Å². The van der Waals surface area contributed by atoms with Gasteiger partial charge in [-0.15, -0.1) is 0 Å². The molecule has 2 atom stereocenters. The van der Waals surface area contributed by atoms with Crippen LogP contribution >= 0.6 is 0 Å². The first kappa shape index (κ1) is 14.2. The predicted octanol–water partition coefficient (Wildman–Crippen LogP) is 2.02. The lowest BCUT2D eigenvalue weighted by atomic mass is 9.86. The SMILES string of the molecule is CC1(O)OC(=O)C(c2c(F)cccc2F)=C1C1CCOC1. The van der Waals surface area contributed by atoms with Crippen molar-refractivity contribution < 1.29 is 28.2 Å². The topological polar surface area (TPSA) is 55.8 Å². The van der Waals surface area contributed by atoms with E-state index >= 15 is 0 Å². The van der Waals surface area contributed by atoms with Gasteiger partial charge in [0, 0.05) is 25.0 Å². The van der Waals surface area contributed by atoms with Gasteiger partial charge in [0.25, 0.3) is 0 Å². The van der Waals surface area contributed by atoms with E-state index in [2.05, 4.69) is 0 Å². The maximum Gasteiger partial charge on any atom is 0.341 e. The van der Waals surface area contributed by atoms with Crippen molar-refractivity contribution in [3.05, 3.63) is 41.0 Å². The standard InChI is InChI=1S/C15H14F2O4/c1-15(19)13(8-5-6-20-7-8)12(14(18)21-15)11-9(16)3-2-4-10(11)17/h2-4,8,19H,5-7H2,1H3. The van der Waals surface area contributed by atoms with Gasteiger partial charge in [0.1, 0.15) is 11.6 Å². The van der Waals surface area contributed by atoms with Crippen molar-refractivity contribution in [3.63, 3.8) is 0 Å².